The molecule has 0 saturated carbocycles. The van der Waals surface area contributed by atoms with Crippen molar-refractivity contribution in [2.45, 2.75) is 18.9 Å². The van der Waals surface area contributed by atoms with E-state index in [1.165, 1.54) is 0 Å². The van der Waals surface area contributed by atoms with Crippen LogP contribution in [0.5, 0.6) is 0 Å². The van der Waals surface area contributed by atoms with E-state index in [1.807, 2.05) is 41.9 Å². The number of nitrogens with one attached hydrogen (secondary N) is 1. The summed E-state index contributed by atoms with van der Waals surface area (Å²) in [5.74, 6) is 0.622. The van der Waals surface area contributed by atoms with E-state index in [2.05, 4.69) is 16.9 Å². The number of imidazole rings is 1. The van der Waals surface area contributed by atoms with Gasteiger partial charge in [-0.05, 0) is 25.1 Å². The summed E-state index contributed by atoms with van der Waals surface area (Å²) in [7, 11) is 1.72. The number of fused-ring (bicyclic) bond motifs is 1. The van der Waals surface area contributed by atoms with Crippen molar-refractivity contribution in [3.8, 4) is 11.1 Å². The van der Waals surface area contributed by atoms with Gasteiger partial charge in [-0.2, -0.15) is 0 Å². The maximum atomic E-state index is 12.3. The van der Waals surface area contributed by atoms with E-state index in [4.69, 9.17) is 4.42 Å². The third-order valence-corrected chi connectivity index (χ3v) is 4.63. The van der Waals surface area contributed by atoms with Crippen molar-refractivity contribution in [3.05, 3.63) is 61.2 Å². The first-order chi connectivity index (χ1) is 11.5. The number of rotatable bonds is 2. The Morgan fingerprint density at radius 3 is 2.88 bits per heavy atom. The average molecular weight is 322 g/mol. The first-order valence-corrected chi connectivity index (χ1v) is 7.72. The molecule has 0 bridgehead atoms. The summed E-state index contributed by atoms with van der Waals surface area (Å²) in [5.41, 5.74) is 3.22. The van der Waals surface area contributed by atoms with Crippen LogP contribution in [0.1, 0.15) is 19.0 Å². The highest BCUT2D eigenvalue weighted by Gasteiger charge is 2.39. The number of aromatic nitrogens is 2. The Labute approximate surface area is 139 Å². The molecule has 1 N–H and O–H groups in total. The molecular weight excluding hydrogens is 304 g/mol. The smallest absolute Gasteiger partial charge is 0.230 e. The highest BCUT2D eigenvalue weighted by molar-refractivity contribution is 5.80. The molecule has 0 unspecified atom stereocenters. The number of carbonyl (C=O) groups is 1. The quantitative estimate of drug-likeness (QED) is 0.788. The van der Waals surface area contributed by atoms with E-state index in [1.54, 1.807) is 24.5 Å². The summed E-state index contributed by atoms with van der Waals surface area (Å²) in [6, 6.07) is 5.88. The lowest BCUT2D eigenvalue weighted by Crippen LogP contribution is -2.52. The lowest BCUT2D eigenvalue weighted by molar-refractivity contribution is -0.132. The topological polar surface area (TPSA) is 62.8 Å². The molecule has 6 heteroatoms. The second-order valence-corrected chi connectivity index (χ2v) is 6.33. The average Bonchev–Trinajstić information content (AvgIpc) is 3.21. The lowest BCUT2D eigenvalue weighted by atomic mass is 9.91. The van der Waals surface area contributed by atoms with Crippen LogP contribution >= 0.6 is 0 Å². The molecule has 0 aliphatic carbocycles. The summed E-state index contributed by atoms with van der Waals surface area (Å²) < 4.78 is 7.18. The van der Waals surface area contributed by atoms with Crippen molar-refractivity contribution < 1.29 is 9.21 Å². The second kappa shape index (κ2) is 4.99. The lowest BCUT2D eigenvalue weighted by Gasteiger charge is -2.40. The van der Waals surface area contributed by atoms with E-state index in [0.717, 1.165) is 22.5 Å². The third-order valence-electron chi connectivity index (χ3n) is 4.63. The van der Waals surface area contributed by atoms with Gasteiger partial charge in [0.05, 0.1) is 36.4 Å². The highest BCUT2D eigenvalue weighted by Crippen LogP contribution is 2.32. The molecule has 1 saturated heterocycles. The molecule has 1 aliphatic heterocycles. The van der Waals surface area contributed by atoms with Gasteiger partial charge in [0.25, 0.3) is 0 Å². The summed E-state index contributed by atoms with van der Waals surface area (Å²) in [6.45, 7) is 5.94. The van der Waals surface area contributed by atoms with Crippen molar-refractivity contribution in [2.75, 3.05) is 7.05 Å². The van der Waals surface area contributed by atoms with Crippen LogP contribution in [-0.2, 0) is 10.3 Å². The van der Waals surface area contributed by atoms with Gasteiger partial charge in [0.2, 0.25) is 5.91 Å². The van der Waals surface area contributed by atoms with E-state index in [-0.39, 0.29) is 5.91 Å². The largest absolute Gasteiger partial charge is 0.472 e. The number of hydrogen-bond acceptors (Lipinski definition) is 4. The van der Waals surface area contributed by atoms with Crippen LogP contribution in [0.4, 0.5) is 0 Å². The number of pyridine rings is 1. The van der Waals surface area contributed by atoms with Gasteiger partial charge in [-0.1, -0.05) is 6.58 Å². The highest BCUT2D eigenvalue weighted by atomic mass is 16.3. The Hall–Kier alpha value is -3.02. The Kier molecular flexibility index (Phi) is 3.03. The molecule has 3 aromatic heterocycles. The molecule has 1 fully saturated rings. The predicted octanol–water partition coefficient (Wildman–Crippen LogP) is 2.73. The fraction of sp³-hybridized carbons (Fsp3) is 0.222. The SMILES string of the molecule is C=C1N[C@](C)(c2cnc3ccc(-c4ccoc4)cn23)CC(=O)N1C. The standard InChI is InChI=1S/C18H18N4O2/c1-12-20-18(2,8-17(23)21(12)3)15-9-19-16-5-4-13(10-22(15)16)14-6-7-24-11-14/h4-7,9-11,20H,1,8H2,2-3H3/t18-/m0/s1. The van der Waals surface area contributed by atoms with Crippen molar-refractivity contribution in [2.24, 2.45) is 0 Å². The van der Waals surface area contributed by atoms with Crippen molar-refractivity contribution >= 4 is 11.6 Å². The summed E-state index contributed by atoms with van der Waals surface area (Å²) in [5, 5.41) is 3.35. The first kappa shape index (κ1) is 14.6. The van der Waals surface area contributed by atoms with Crippen LogP contribution in [0.25, 0.3) is 16.8 Å². The predicted molar refractivity (Wildman–Crippen MR) is 89.9 cm³/mol. The van der Waals surface area contributed by atoms with Gasteiger partial charge in [0, 0.05) is 24.4 Å². The Morgan fingerprint density at radius 1 is 1.33 bits per heavy atom. The zero-order valence-corrected chi connectivity index (χ0v) is 13.6. The minimum Gasteiger partial charge on any atom is -0.472 e. The van der Waals surface area contributed by atoms with Gasteiger partial charge >= 0.3 is 0 Å². The zero-order valence-electron chi connectivity index (χ0n) is 13.6. The van der Waals surface area contributed by atoms with Crippen LogP contribution in [0.3, 0.4) is 0 Å². The minimum atomic E-state index is -0.560. The van der Waals surface area contributed by atoms with E-state index in [9.17, 15) is 4.79 Å². The Bertz CT molecular complexity index is 921. The number of hydrogen-bond donors (Lipinski definition) is 1. The molecule has 4 rings (SSSR count). The molecular formula is C18H18N4O2. The summed E-state index contributed by atoms with van der Waals surface area (Å²) in [4.78, 5) is 18.3. The maximum absolute atomic E-state index is 12.3. The number of amides is 1. The third kappa shape index (κ3) is 2.11. The van der Waals surface area contributed by atoms with Crippen LogP contribution in [0.15, 0.2) is 59.9 Å². The van der Waals surface area contributed by atoms with Crippen molar-refractivity contribution in [1.29, 1.82) is 0 Å². The van der Waals surface area contributed by atoms with Crippen LogP contribution in [-0.4, -0.2) is 27.2 Å². The van der Waals surface area contributed by atoms with Crippen molar-refractivity contribution in [3.63, 3.8) is 0 Å². The molecule has 3 aromatic rings. The molecule has 1 amide bonds. The maximum Gasteiger partial charge on any atom is 0.230 e. The van der Waals surface area contributed by atoms with Crippen molar-refractivity contribution in [1.82, 2.24) is 19.6 Å². The van der Waals surface area contributed by atoms with Gasteiger partial charge in [-0.3, -0.25) is 4.79 Å². The monoisotopic (exact) mass is 322 g/mol. The van der Waals surface area contributed by atoms with Gasteiger partial charge < -0.3 is 19.0 Å². The Balaban J connectivity index is 1.83. The molecule has 4 heterocycles. The first-order valence-electron chi connectivity index (χ1n) is 7.72. The van der Waals surface area contributed by atoms with E-state index >= 15 is 0 Å². The van der Waals surface area contributed by atoms with Crippen LogP contribution in [0, 0.1) is 0 Å². The normalized spacial score (nSPS) is 21.3. The number of nitrogens with zero attached hydrogens (tertiary/aromatic N) is 3. The number of carbonyl (C=O) groups excluding carboxylic acids is 1. The van der Waals surface area contributed by atoms with Gasteiger partial charge in [0.1, 0.15) is 11.5 Å². The zero-order chi connectivity index (χ0) is 16.9. The second-order valence-electron chi connectivity index (χ2n) is 6.33. The van der Waals surface area contributed by atoms with Gasteiger partial charge in [-0.25, -0.2) is 4.98 Å². The van der Waals surface area contributed by atoms with Crippen LogP contribution < -0.4 is 5.32 Å². The number of furan rings is 1. The van der Waals surface area contributed by atoms with E-state index in [0.29, 0.717) is 12.2 Å². The van der Waals surface area contributed by atoms with Gasteiger partial charge in [-0.15, -0.1) is 0 Å². The molecule has 1 aliphatic rings. The molecule has 0 aromatic carbocycles. The fourth-order valence-electron chi connectivity index (χ4n) is 3.16. The van der Waals surface area contributed by atoms with Gasteiger partial charge in [0.15, 0.2) is 0 Å². The summed E-state index contributed by atoms with van der Waals surface area (Å²) >= 11 is 0. The van der Waals surface area contributed by atoms with E-state index < -0.39 is 5.54 Å². The Morgan fingerprint density at radius 2 is 2.17 bits per heavy atom. The molecule has 0 spiro atoms. The minimum absolute atomic E-state index is 0.0298. The fourth-order valence-corrected chi connectivity index (χ4v) is 3.16. The molecule has 0 radical (unpaired) electrons. The molecule has 24 heavy (non-hydrogen) atoms. The summed E-state index contributed by atoms with van der Waals surface area (Å²) in [6.07, 6.45) is 7.52. The van der Waals surface area contributed by atoms with Crippen LogP contribution in [0.2, 0.25) is 0 Å². The molecule has 6 nitrogen and oxygen atoms in total. The molecule has 1 atom stereocenters. The molecule has 122 valence electrons.